The van der Waals surface area contributed by atoms with Gasteiger partial charge in [-0.05, 0) is 19.1 Å². The van der Waals surface area contributed by atoms with E-state index in [4.69, 9.17) is 4.52 Å². The lowest BCUT2D eigenvalue weighted by Gasteiger charge is -2.09. The zero-order chi connectivity index (χ0) is 13.8. The van der Waals surface area contributed by atoms with Crippen LogP contribution in [0.3, 0.4) is 0 Å². The zero-order valence-corrected chi connectivity index (χ0v) is 11.0. The summed E-state index contributed by atoms with van der Waals surface area (Å²) in [7, 11) is 3.34. The molecule has 100 valence electrons. The number of nitrogens with one attached hydrogen (secondary N) is 1. The Kier molecular flexibility index (Phi) is 3.74. The second kappa shape index (κ2) is 5.47. The average molecular weight is 261 g/mol. The van der Waals surface area contributed by atoms with Crippen LogP contribution in [0.25, 0.3) is 0 Å². The first-order valence-corrected chi connectivity index (χ1v) is 5.77. The first kappa shape index (κ1) is 13.0. The van der Waals surface area contributed by atoms with E-state index in [1.165, 1.54) is 4.90 Å². The van der Waals surface area contributed by atoms with Crippen LogP contribution in [0.2, 0.25) is 0 Å². The number of amides is 1. The van der Waals surface area contributed by atoms with E-state index in [-0.39, 0.29) is 5.91 Å². The van der Waals surface area contributed by atoms with Crippen molar-refractivity contribution in [1.29, 1.82) is 0 Å². The third kappa shape index (κ3) is 3.27. The van der Waals surface area contributed by atoms with Crippen LogP contribution in [0.1, 0.15) is 21.9 Å². The summed E-state index contributed by atoms with van der Waals surface area (Å²) in [6, 6.07) is 5.17. The van der Waals surface area contributed by atoms with Gasteiger partial charge in [0.05, 0.1) is 6.54 Å². The molecule has 0 aromatic carbocycles. The van der Waals surface area contributed by atoms with E-state index in [0.717, 1.165) is 11.5 Å². The van der Waals surface area contributed by atoms with Crippen LogP contribution in [-0.2, 0) is 6.54 Å². The molecule has 0 aliphatic heterocycles. The third-order valence-corrected chi connectivity index (χ3v) is 2.42. The van der Waals surface area contributed by atoms with Crippen LogP contribution in [0.4, 0.5) is 5.82 Å². The smallest absolute Gasteiger partial charge is 0.273 e. The Morgan fingerprint density at radius 3 is 2.68 bits per heavy atom. The normalized spacial score (nSPS) is 10.3. The van der Waals surface area contributed by atoms with E-state index < -0.39 is 0 Å². The molecule has 2 heterocycles. The van der Waals surface area contributed by atoms with Crippen molar-refractivity contribution in [3.05, 3.63) is 35.3 Å². The van der Waals surface area contributed by atoms with Gasteiger partial charge in [0.2, 0.25) is 0 Å². The number of carbonyl (C=O) groups excluding carboxylic acids is 1. The maximum absolute atomic E-state index is 11.6. The molecule has 0 unspecified atom stereocenters. The minimum atomic E-state index is -0.175. The largest absolute Gasteiger partial charge is 0.363 e. The van der Waals surface area contributed by atoms with Crippen molar-refractivity contribution in [3.63, 3.8) is 0 Å². The van der Waals surface area contributed by atoms with Gasteiger partial charge in [-0.3, -0.25) is 4.79 Å². The fourth-order valence-corrected chi connectivity index (χ4v) is 1.45. The van der Waals surface area contributed by atoms with Crippen molar-refractivity contribution in [2.75, 3.05) is 19.4 Å². The van der Waals surface area contributed by atoms with Gasteiger partial charge in [0, 0.05) is 20.2 Å². The highest BCUT2D eigenvalue weighted by molar-refractivity contribution is 5.91. The number of rotatable bonds is 4. The molecule has 0 bridgehead atoms. The first-order chi connectivity index (χ1) is 9.06. The maximum Gasteiger partial charge on any atom is 0.273 e. The van der Waals surface area contributed by atoms with Crippen molar-refractivity contribution in [2.24, 2.45) is 0 Å². The van der Waals surface area contributed by atoms with Gasteiger partial charge in [0.15, 0.2) is 5.69 Å². The molecule has 1 amide bonds. The van der Waals surface area contributed by atoms with Crippen LogP contribution >= 0.6 is 0 Å². The summed E-state index contributed by atoms with van der Waals surface area (Å²) in [4.78, 5) is 13.1. The topological polar surface area (TPSA) is 84.2 Å². The van der Waals surface area contributed by atoms with Crippen LogP contribution in [-0.4, -0.2) is 40.3 Å². The first-order valence-electron chi connectivity index (χ1n) is 5.77. The molecule has 7 nitrogen and oxygen atoms in total. The van der Waals surface area contributed by atoms with E-state index in [1.54, 1.807) is 26.2 Å². The second-order valence-electron chi connectivity index (χ2n) is 4.29. The number of hydrogen-bond acceptors (Lipinski definition) is 6. The van der Waals surface area contributed by atoms with Gasteiger partial charge in [-0.2, -0.15) is 0 Å². The highest BCUT2D eigenvalue weighted by Gasteiger charge is 2.10. The lowest BCUT2D eigenvalue weighted by atomic mass is 10.3. The van der Waals surface area contributed by atoms with Gasteiger partial charge in [0.25, 0.3) is 5.91 Å². The molecule has 0 fully saturated rings. The Bertz CT molecular complexity index is 562. The highest BCUT2D eigenvalue weighted by atomic mass is 16.5. The Morgan fingerprint density at radius 1 is 1.37 bits per heavy atom. The molecule has 0 atom stereocenters. The predicted molar refractivity (Wildman–Crippen MR) is 68.6 cm³/mol. The molecule has 7 heteroatoms. The predicted octanol–water partition coefficient (Wildman–Crippen LogP) is 1.09. The Morgan fingerprint density at radius 2 is 2.16 bits per heavy atom. The average Bonchev–Trinajstić information content (AvgIpc) is 2.82. The monoisotopic (exact) mass is 261 g/mol. The van der Waals surface area contributed by atoms with Crippen LogP contribution in [0.15, 0.2) is 22.7 Å². The molecule has 19 heavy (non-hydrogen) atoms. The number of anilines is 1. The molecule has 0 saturated heterocycles. The Balaban J connectivity index is 1.97. The molecule has 0 aliphatic carbocycles. The highest BCUT2D eigenvalue weighted by Crippen LogP contribution is 2.07. The Hall–Kier alpha value is -2.44. The molecule has 0 radical (unpaired) electrons. The molecule has 0 spiro atoms. The van der Waals surface area contributed by atoms with E-state index in [9.17, 15) is 4.79 Å². The van der Waals surface area contributed by atoms with Crippen molar-refractivity contribution in [1.82, 2.24) is 20.3 Å². The summed E-state index contributed by atoms with van der Waals surface area (Å²) in [6.45, 7) is 2.32. The second-order valence-corrected chi connectivity index (χ2v) is 4.29. The molecule has 0 aliphatic rings. The quantitative estimate of drug-likeness (QED) is 0.886. The summed E-state index contributed by atoms with van der Waals surface area (Å²) in [5, 5.41) is 14.7. The number of aromatic nitrogens is 3. The fourth-order valence-electron chi connectivity index (χ4n) is 1.45. The van der Waals surface area contributed by atoms with Crippen LogP contribution in [0.5, 0.6) is 0 Å². The van der Waals surface area contributed by atoms with E-state index >= 15 is 0 Å². The van der Waals surface area contributed by atoms with Crippen molar-refractivity contribution >= 4 is 11.7 Å². The number of nitrogens with zero attached hydrogens (tertiary/aromatic N) is 4. The van der Waals surface area contributed by atoms with Gasteiger partial charge >= 0.3 is 0 Å². The summed E-state index contributed by atoms with van der Waals surface area (Å²) in [5.74, 6) is 1.16. The lowest BCUT2D eigenvalue weighted by molar-refractivity contribution is 0.0821. The van der Waals surface area contributed by atoms with E-state index in [0.29, 0.717) is 18.1 Å². The van der Waals surface area contributed by atoms with E-state index in [1.807, 2.05) is 13.0 Å². The van der Waals surface area contributed by atoms with Gasteiger partial charge < -0.3 is 14.7 Å². The van der Waals surface area contributed by atoms with Gasteiger partial charge in [0.1, 0.15) is 17.3 Å². The zero-order valence-electron chi connectivity index (χ0n) is 11.0. The standard InChI is InChI=1S/C12H15N5O2/c1-8-6-9(16-19-8)7-13-11-5-4-10(14-15-11)12(18)17(2)3/h4-6H,7H2,1-3H3,(H,13,15). The van der Waals surface area contributed by atoms with Gasteiger partial charge in [-0.15, -0.1) is 10.2 Å². The maximum atomic E-state index is 11.6. The van der Waals surface area contributed by atoms with Crippen molar-refractivity contribution in [3.8, 4) is 0 Å². The molecule has 2 rings (SSSR count). The molecule has 1 N–H and O–H groups in total. The molecule has 0 saturated carbocycles. The van der Waals surface area contributed by atoms with Crippen LogP contribution < -0.4 is 5.32 Å². The van der Waals surface area contributed by atoms with E-state index in [2.05, 4.69) is 20.7 Å². The summed E-state index contributed by atoms with van der Waals surface area (Å²) in [5.41, 5.74) is 1.10. The summed E-state index contributed by atoms with van der Waals surface area (Å²) < 4.78 is 4.95. The summed E-state index contributed by atoms with van der Waals surface area (Å²) in [6.07, 6.45) is 0. The summed E-state index contributed by atoms with van der Waals surface area (Å²) >= 11 is 0. The molecular formula is C12H15N5O2. The minimum Gasteiger partial charge on any atom is -0.363 e. The fraction of sp³-hybridized carbons (Fsp3) is 0.333. The van der Waals surface area contributed by atoms with Crippen molar-refractivity contribution < 1.29 is 9.32 Å². The molecule has 2 aromatic heterocycles. The lowest BCUT2D eigenvalue weighted by Crippen LogP contribution is -2.23. The third-order valence-electron chi connectivity index (χ3n) is 2.42. The van der Waals surface area contributed by atoms with Gasteiger partial charge in [-0.1, -0.05) is 5.16 Å². The minimum absolute atomic E-state index is 0.175. The Labute approximate surface area is 110 Å². The SMILES string of the molecule is Cc1cc(CNc2ccc(C(=O)N(C)C)nn2)no1. The molecule has 2 aromatic rings. The molecular weight excluding hydrogens is 246 g/mol. The number of hydrogen-bond donors (Lipinski definition) is 1. The van der Waals surface area contributed by atoms with Crippen LogP contribution in [0, 0.1) is 6.92 Å². The number of carbonyl (C=O) groups is 1. The number of aryl methyl sites for hydroxylation is 1. The van der Waals surface area contributed by atoms with Crippen molar-refractivity contribution in [2.45, 2.75) is 13.5 Å². The van der Waals surface area contributed by atoms with Gasteiger partial charge in [-0.25, -0.2) is 0 Å².